The second kappa shape index (κ2) is 5.58. The second-order valence-corrected chi connectivity index (χ2v) is 2.67. The molecule has 1 aromatic heterocycles. The predicted molar refractivity (Wildman–Crippen MR) is 49.1 cm³/mol. The van der Waals surface area contributed by atoms with Gasteiger partial charge in [0.05, 0.1) is 12.7 Å². The highest BCUT2D eigenvalue weighted by molar-refractivity contribution is 5.79. The molecule has 0 spiro atoms. The van der Waals surface area contributed by atoms with Crippen LogP contribution in [0, 0.1) is 0 Å². The Morgan fingerprint density at radius 3 is 2.80 bits per heavy atom. The molecule has 0 fully saturated rings. The lowest BCUT2D eigenvalue weighted by atomic mass is 10.6. The van der Waals surface area contributed by atoms with Crippen molar-refractivity contribution in [3.63, 3.8) is 0 Å². The van der Waals surface area contributed by atoms with Crippen molar-refractivity contribution in [1.29, 1.82) is 0 Å². The first-order valence-corrected chi connectivity index (χ1v) is 4.26. The lowest BCUT2D eigenvalue weighted by Gasteiger charge is -2.05. The van der Waals surface area contributed by atoms with Crippen LogP contribution in [0.1, 0.15) is 0 Å². The van der Waals surface area contributed by atoms with Gasteiger partial charge in [-0.3, -0.25) is 9.48 Å². The Morgan fingerprint density at radius 2 is 2.20 bits per heavy atom. The van der Waals surface area contributed by atoms with Crippen molar-refractivity contribution in [2.24, 2.45) is 0 Å². The summed E-state index contributed by atoms with van der Waals surface area (Å²) in [7, 11) is 0. The van der Waals surface area contributed by atoms with Crippen LogP contribution < -0.4 is 10.6 Å². The Kier molecular flexibility index (Phi) is 4.07. The number of aliphatic carboxylic acids is 1. The summed E-state index contributed by atoms with van der Waals surface area (Å²) in [5.74, 6) is -1.08. The van der Waals surface area contributed by atoms with Crippen molar-refractivity contribution in [2.75, 3.05) is 13.1 Å². The van der Waals surface area contributed by atoms with Gasteiger partial charge in [0.1, 0.15) is 6.54 Å². The van der Waals surface area contributed by atoms with Gasteiger partial charge in [-0.05, 0) is 0 Å². The normalized spacial score (nSPS) is 9.60. The van der Waals surface area contributed by atoms with E-state index in [-0.39, 0.29) is 0 Å². The molecule has 0 aliphatic carbocycles. The van der Waals surface area contributed by atoms with E-state index in [9.17, 15) is 9.59 Å². The standard InChI is InChI=1S/C7H11N5O3/c13-6(14)5-9-7(15)8-1-3-12-4-2-10-11-12/h2,4H,1,3,5H2,(H,13,14)(H2,8,9,15). The van der Waals surface area contributed by atoms with Crippen LogP contribution >= 0.6 is 0 Å². The quantitative estimate of drug-likeness (QED) is 0.561. The van der Waals surface area contributed by atoms with Crippen LogP contribution in [0.15, 0.2) is 12.4 Å². The zero-order chi connectivity index (χ0) is 11.1. The molecule has 1 aromatic rings. The molecule has 8 heteroatoms. The minimum atomic E-state index is -1.08. The number of nitrogens with zero attached hydrogens (tertiary/aromatic N) is 3. The molecular weight excluding hydrogens is 202 g/mol. The zero-order valence-corrected chi connectivity index (χ0v) is 7.88. The van der Waals surface area contributed by atoms with Gasteiger partial charge >= 0.3 is 12.0 Å². The first kappa shape index (κ1) is 11.0. The van der Waals surface area contributed by atoms with Gasteiger partial charge in [-0.1, -0.05) is 5.21 Å². The number of carboxylic acids is 1. The molecule has 0 radical (unpaired) electrons. The third kappa shape index (κ3) is 4.60. The monoisotopic (exact) mass is 213 g/mol. The largest absolute Gasteiger partial charge is 0.480 e. The van der Waals surface area contributed by atoms with Crippen molar-refractivity contribution in [1.82, 2.24) is 25.6 Å². The Morgan fingerprint density at radius 1 is 1.40 bits per heavy atom. The number of carbonyl (C=O) groups excluding carboxylic acids is 1. The summed E-state index contributed by atoms with van der Waals surface area (Å²) in [5.41, 5.74) is 0. The number of aromatic nitrogens is 3. The first-order chi connectivity index (χ1) is 7.18. The number of nitrogens with one attached hydrogen (secondary N) is 2. The van der Waals surface area contributed by atoms with Gasteiger partial charge in [-0.25, -0.2) is 4.79 Å². The van der Waals surface area contributed by atoms with E-state index in [1.54, 1.807) is 10.9 Å². The summed E-state index contributed by atoms with van der Waals surface area (Å²) in [6, 6.07) is -0.516. The zero-order valence-electron chi connectivity index (χ0n) is 7.88. The molecule has 0 aromatic carbocycles. The Hall–Kier alpha value is -2.12. The fraction of sp³-hybridized carbons (Fsp3) is 0.429. The molecule has 2 amide bonds. The molecule has 3 N–H and O–H groups in total. The van der Waals surface area contributed by atoms with Crippen molar-refractivity contribution in [3.05, 3.63) is 12.4 Å². The van der Waals surface area contributed by atoms with Crippen molar-refractivity contribution < 1.29 is 14.7 Å². The van der Waals surface area contributed by atoms with Crippen LogP contribution in [0.3, 0.4) is 0 Å². The summed E-state index contributed by atoms with van der Waals surface area (Å²) < 4.78 is 1.55. The lowest BCUT2D eigenvalue weighted by Crippen LogP contribution is -2.39. The molecule has 0 saturated carbocycles. The Balaban J connectivity index is 2.09. The summed E-state index contributed by atoms with van der Waals surface area (Å²) in [6.45, 7) is 0.449. The second-order valence-electron chi connectivity index (χ2n) is 2.67. The number of carboxylic acid groups (broad SMARTS) is 1. The van der Waals surface area contributed by atoms with E-state index in [2.05, 4.69) is 20.9 Å². The molecule has 15 heavy (non-hydrogen) atoms. The third-order valence-corrected chi connectivity index (χ3v) is 1.50. The maximum atomic E-state index is 10.9. The number of hydrogen-bond donors (Lipinski definition) is 3. The van der Waals surface area contributed by atoms with Crippen LogP contribution in [0.5, 0.6) is 0 Å². The first-order valence-electron chi connectivity index (χ1n) is 4.26. The van der Waals surface area contributed by atoms with Gasteiger partial charge in [0, 0.05) is 12.7 Å². The molecule has 82 valence electrons. The smallest absolute Gasteiger partial charge is 0.323 e. The van der Waals surface area contributed by atoms with E-state index < -0.39 is 18.5 Å². The average Bonchev–Trinajstić information content (AvgIpc) is 2.67. The number of amides is 2. The minimum absolute atomic E-state index is 0.356. The number of hydrogen-bond acceptors (Lipinski definition) is 4. The number of carbonyl (C=O) groups is 2. The van der Waals surface area contributed by atoms with Gasteiger partial charge in [-0.2, -0.15) is 0 Å². The molecule has 1 rings (SSSR count). The van der Waals surface area contributed by atoms with E-state index in [0.717, 1.165) is 0 Å². The average molecular weight is 213 g/mol. The Labute approximate surface area is 85.3 Å². The fourth-order valence-electron chi connectivity index (χ4n) is 0.854. The van der Waals surface area contributed by atoms with E-state index in [1.807, 2.05) is 0 Å². The van der Waals surface area contributed by atoms with E-state index in [0.29, 0.717) is 13.1 Å². The van der Waals surface area contributed by atoms with E-state index in [4.69, 9.17) is 5.11 Å². The number of urea groups is 1. The maximum absolute atomic E-state index is 10.9. The molecule has 0 bridgehead atoms. The van der Waals surface area contributed by atoms with Crippen LogP contribution in [-0.4, -0.2) is 45.2 Å². The summed E-state index contributed by atoms with van der Waals surface area (Å²) in [4.78, 5) is 21.0. The fourth-order valence-corrected chi connectivity index (χ4v) is 0.854. The molecular formula is C7H11N5O3. The van der Waals surface area contributed by atoms with Crippen molar-refractivity contribution >= 4 is 12.0 Å². The SMILES string of the molecule is O=C(O)CNC(=O)NCCn1ccnn1. The molecule has 0 atom stereocenters. The van der Waals surface area contributed by atoms with E-state index >= 15 is 0 Å². The topological polar surface area (TPSA) is 109 Å². The van der Waals surface area contributed by atoms with Crippen molar-refractivity contribution in [3.8, 4) is 0 Å². The van der Waals surface area contributed by atoms with Crippen molar-refractivity contribution in [2.45, 2.75) is 6.54 Å². The van der Waals surface area contributed by atoms with E-state index in [1.165, 1.54) is 6.20 Å². The maximum Gasteiger partial charge on any atom is 0.323 e. The molecule has 0 saturated heterocycles. The summed E-state index contributed by atoms with van der Waals surface area (Å²) in [6.07, 6.45) is 3.20. The highest BCUT2D eigenvalue weighted by Gasteiger charge is 2.01. The highest BCUT2D eigenvalue weighted by atomic mass is 16.4. The van der Waals surface area contributed by atoms with Gasteiger partial charge in [0.2, 0.25) is 0 Å². The van der Waals surface area contributed by atoms with Gasteiger partial charge in [-0.15, -0.1) is 5.10 Å². The van der Waals surface area contributed by atoms with Gasteiger partial charge in [0.25, 0.3) is 0 Å². The van der Waals surface area contributed by atoms with Gasteiger partial charge < -0.3 is 15.7 Å². The number of rotatable bonds is 5. The van der Waals surface area contributed by atoms with Crippen LogP contribution in [0.2, 0.25) is 0 Å². The summed E-state index contributed by atoms with van der Waals surface area (Å²) in [5, 5.41) is 20.2. The third-order valence-electron chi connectivity index (χ3n) is 1.50. The van der Waals surface area contributed by atoms with Gasteiger partial charge in [0.15, 0.2) is 0 Å². The Bertz CT molecular complexity index is 323. The van der Waals surface area contributed by atoms with Crippen LogP contribution in [0.25, 0.3) is 0 Å². The lowest BCUT2D eigenvalue weighted by molar-refractivity contribution is -0.135. The molecule has 0 unspecified atom stereocenters. The molecule has 1 heterocycles. The predicted octanol–water partition coefficient (Wildman–Crippen LogP) is -1.34. The minimum Gasteiger partial charge on any atom is -0.480 e. The highest BCUT2D eigenvalue weighted by Crippen LogP contribution is 1.78. The summed E-state index contributed by atoms with van der Waals surface area (Å²) >= 11 is 0. The molecule has 0 aliphatic rings. The van der Waals surface area contributed by atoms with Crippen LogP contribution in [-0.2, 0) is 11.3 Å². The van der Waals surface area contributed by atoms with Crippen LogP contribution in [0.4, 0.5) is 4.79 Å². The molecule has 8 nitrogen and oxygen atoms in total. The molecule has 0 aliphatic heterocycles.